The van der Waals surface area contributed by atoms with Crippen molar-refractivity contribution in [1.82, 2.24) is 0 Å². The van der Waals surface area contributed by atoms with Crippen LogP contribution in [0.5, 0.6) is 0 Å². The molecule has 0 aliphatic carbocycles. The third kappa shape index (κ3) is 64.8. The van der Waals surface area contributed by atoms with Gasteiger partial charge in [-0.1, -0.05) is 304 Å². The summed E-state index contributed by atoms with van der Waals surface area (Å²) in [5.74, 6) is -0.940. The maximum atomic E-state index is 12.9. The summed E-state index contributed by atoms with van der Waals surface area (Å²) in [4.78, 5) is 38.4. The van der Waals surface area contributed by atoms with Crippen LogP contribution in [-0.2, 0) is 28.6 Å². The highest BCUT2D eigenvalue weighted by molar-refractivity contribution is 5.71. The lowest BCUT2D eigenvalue weighted by Gasteiger charge is -2.18. The number of esters is 3. The van der Waals surface area contributed by atoms with Crippen LogP contribution in [0.25, 0.3) is 0 Å². The number of carbonyl (C=O) groups is 3. The molecule has 0 saturated heterocycles. The molecule has 0 heterocycles. The third-order valence-corrected chi connectivity index (χ3v) is 14.3. The van der Waals surface area contributed by atoms with E-state index >= 15 is 0 Å². The molecule has 0 aliphatic heterocycles. The van der Waals surface area contributed by atoms with E-state index in [0.717, 1.165) is 116 Å². The molecule has 0 aliphatic rings. The summed E-state index contributed by atoms with van der Waals surface area (Å²) in [6.45, 7) is 6.41. The van der Waals surface area contributed by atoms with Crippen molar-refractivity contribution in [3.8, 4) is 0 Å². The van der Waals surface area contributed by atoms with E-state index in [1.807, 2.05) is 0 Å². The predicted molar refractivity (Wildman–Crippen MR) is 343 cm³/mol. The summed E-state index contributed by atoms with van der Waals surface area (Å²) in [6, 6.07) is 0. The van der Waals surface area contributed by atoms with Gasteiger partial charge in [0.25, 0.3) is 0 Å². The zero-order valence-corrected chi connectivity index (χ0v) is 51.9. The standard InChI is InChI=1S/C73H124O6/c1-4-7-10-13-16-19-22-25-28-31-33-35-36-38-39-42-45-48-51-54-57-60-63-66-72(75)78-69-70(68-77-71(74)65-62-59-56-53-50-47-44-41-30-27-24-21-18-15-12-9-6-3)79-73(76)67-64-61-58-55-52-49-46-43-40-37-34-32-29-26-23-20-17-14-11-8-5-2/h8-9,11-12,17-18,20-21,26-27,29-30,34,37,43,46,52,55,70H,4-7,10,13-16,19,22-25,28,31-33,35-36,38-42,44-45,47-51,53-54,56-69H2,1-3H3/b11-8-,12-9-,20-17-,21-18-,29-26-,30-27-,37-34-,46-43-,55-52-. The van der Waals surface area contributed by atoms with Crippen LogP contribution in [-0.4, -0.2) is 37.2 Å². The van der Waals surface area contributed by atoms with Crippen LogP contribution in [0.15, 0.2) is 109 Å². The first-order valence-corrected chi connectivity index (χ1v) is 33.4. The van der Waals surface area contributed by atoms with E-state index in [0.29, 0.717) is 19.3 Å². The van der Waals surface area contributed by atoms with E-state index in [1.165, 1.54) is 154 Å². The van der Waals surface area contributed by atoms with Crippen molar-refractivity contribution in [1.29, 1.82) is 0 Å². The first-order valence-electron chi connectivity index (χ1n) is 33.4. The van der Waals surface area contributed by atoms with E-state index in [-0.39, 0.29) is 37.5 Å². The zero-order valence-electron chi connectivity index (χ0n) is 51.9. The van der Waals surface area contributed by atoms with E-state index < -0.39 is 6.10 Å². The van der Waals surface area contributed by atoms with Gasteiger partial charge >= 0.3 is 17.9 Å². The third-order valence-electron chi connectivity index (χ3n) is 14.3. The topological polar surface area (TPSA) is 78.9 Å². The molecule has 1 atom stereocenters. The van der Waals surface area contributed by atoms with Gasteiger partial charge in [0.05, 0.1) is 0 Å². The Hall–Kier alpha value is -3.93. The molecular formula is C73H124O6. The second-order valence-corrected chi connectivity index (χ2v) is 22.0. The normalized spacial score (nSPS) is 12.8. The molecule has 0 fully saturated rings. The minimum absolute atomic E-state index is 0.0977. The second kappa shape index (κ2) is 66.6. The summed E-state index contributed by atoms with van der Waals surface area (Å²) in [5.41, 5.74) is 0. The molecule has 0 bridgehead atoms. The van der Waals surface area contributed by atoms with Crippen LogP contribution in [0.4, 0.5) is 0 Å². The molecule has 0 aromatic rings. The predicted octanol–water partition coefficient (Wildman–Crippen LogP) is 23.0. The van der Waals surface area contributed by atoms with Crippen LogP contribution in [0, 0.1) is 0 Å². The molecule has 0 spiro atoms. The van der Waals surface area contributed by atoms with Crippen LogP contribution < -0.4 is 0 Å². The SMILES string of the molecule is CC/C=C\C/C=C\C/C=C\C/C=C\C/C=C\C/C=C\CCCCC(=O)OC(COC(=O)CCCCCCCCC/C=C\C/C=C\C/C=C\CC)COC(=O)CCCCCCCCCCCCCCCCCCCCCCCCC. The summed E-state index contributed by atoms with van der Waals surface area (Å²) >= 11 is 0. The van der Waals surface area contributed by atoms with Gasteiger partial charge in [-0.15, -0.1) is 0 Å². The van der Waals surface area contributed by atoms with E-state index in [2.05, 4.69) is 130 Å². The number of unbranched alkanes of at least 4 members (excludes halogenated alkanes) is 31. The van der Waals surface area contributed by atoms with Gasteiger partial charge in [-0.2, -0.15) is 0 Å². The molecule has 0 aromatic heterocycles. The van der Waals surface area contributed by atoms with Gasteiger partial charge in [0, 0.05) is 19.3 Å². The van der Waals surface area contributed by atoms with Gasteiger partial charge in [0.2, 0.25) is 0 Å². The highest BCUT2D eigenvalue weighted by atomic mass is 16.6. The van der Waals surface area contributed by atoms with Crippen molar-refractivity contribution in [2.24, 2.45) is 0 Å². The van der Waals surface area contributed by atoms with Crippen LogP contribution in [0.2, 0.25) is 0 Å². The molecular weight excluding hydrogens is 973 g/mol. The first kappa shape index (κ1) is 75.1. The Balaban J connectivity index is 4.43. The lowest BCUT2D eigenvalue weighted by molar-refractivity contribution is -0.167. The van der Waals surface area contributed by atoms with E-state index in [9.17, 15) is 14.4 Å². The molecule has 0 saturated carbocycles. The molecule has 79 heavy (non-hydrogen) atoms. The fraction of sp³-hybridized carbons (Fsp3) is 0.712. The van der Waals surface area contributed by atoms with Crippen molar-refractivity contribution >= 4 is 17.9 Å². The maximum Gasteiger partial charge on any atom is 0.306 e. The summed E-state index contributed by atoms with van der Waals surface area (Å²) in [6.07, 6.45) is 91.0. The Morgan fingerprint density at radius 3 is 0.797 bits per heavy atom. The summed E-state index contributed by atoms with van der Waals surface area (Å²) in [5, 5.41) is 0. The van der Waals surface area contributed by atoms with Crippen molar-refractivity contribution < 1.29 is 28.6 Å². The van der Waals surface area contributed by atoms with Crippen molar-refractivity contribution in [2.75, 3.05) is 13.2 Å². The Morgan fingerprint density at radius 2 is 0.494 bits per heavy atom. The molecule has 1 unspecified atom stereocenters. The van der Waals surface area contributed by atoms with Crippen molar-refractivity contribution in [3.63, 3.8) is 0 Å². The van der Waals surface area contributed by atoms with E-state index in [1.54, 1.807) is 0 Å². The van der Waals surface area contributed by atoms with E-state index in [4.69, 9.17) is 14.2 Å². The first-order chi connectivity index (χ1) is 39.0. The van der Waals surface area contributed by atoms with Gasteiger partial charge in [-0.25, -0.2) is 0 Å². The van der Waals surface area contributed by atoms with Crippen molar-refractivity contribution in [3.05, 3.63) is 109 Å². The minimum atomic E-state index is -0.808. The maximum absolute atomic E-state index is 12.9. The van der Waals surface area contributed by atoms with Crippen molar-refractivity contribution in [2.45, 2.75) is 322 Å². The summed E-state index contributed by atoms with van der Waals surface area (Å²) < 4.78 is 16.9. The van der Waals surface area contributed by atoms with Gasteiger partial charge < -0.3 is 14.2 Å². The average molecular weight is 1100 g/mol. The molecule has 0 rings (SSSR count). The monoisotopic (exact) mass is 1100 g/mol. The number of hydrogen-bond donors (Lipinski definition) is 0. The lowest BCUT2D eigenvalue weighted by atomic mass is 10.0. The zero-order chi connectivity index (χ0) is 57.1. The molecule has 0 N–H and O–H groups in total. The van der Waals surface area contributed by atoms with Crippen LogP contribution >= 0.6 is 0 Å². The minimum Gasteiger partial charge on any atom is -0.462 e. The smallest absolute Gasteiger partial charge is 0.306 e. The lowest BCUT2D eigenvalue weighted by Crippen LogP contribution is -2.30. The highest BCUT2D eigenvalue weighted by Crippen LogP contribution is 2.17. The number of rotatable bonds is 60. The van der Waals surface area contributed by atoms with Gasteiger partial charge in [0.15, 0.2) is 6.10 Å². The highest BCUT2D eigenvalue weighted by Gasteiger charge is 2.19. The molecule has 6 nitrogen and oxygen atoms in total. The largest absolute Gasteiger partial charge is 0.462 e. The number of carbonyl (C=O) groups excluding carboxylic acids is 3. The fourth-order valence-corrected chi connectivity index (χ4v) is 9.35. The van der Waals surface area contributed by atoms with Gasteiger partial charge in [-0.05, 0) is 103 Å². The Bertz CT molecular complexity index is 1590. The fourth-order valence-electron chi connectivity index (χ4n) is 9.35. The van der Waals surface area contributed by atoms with Gasteiger partial charge in [-0.3, -0.25) is 14.4 Å². The second-order valence-electron chi connectivity index (χ2n) is 22.0. The molecule has 452 valence electrons. The number of hydrogen-bond acceptors (Lipinski definition) is 6. The Morgan fingerprint density at radius 1 is 0.266 bits per heavy atom. The summed E-state index contributed by atoms with van der Waals surface area (Å²) in [7, 11) is 0. The Labute approximate surface area is 489 Å². The average Bonchev–Trinajstić information content (AvgIpc) is 3.45. The molecule has 0 radical (unpaired) electrons. The molecule has 0 amide bonds. The molecule has 6 heteroatoms. The number of allylic oxidation sites excluding steroid dienone is 18. The number of ether oxygens (including phenoxy) is 3. The quantitative estimate of drug-likeness (QED) is 0.0261. The van der Waals surface area contributed by atoms with Crippen LogP contribution in [0.3, 0.4) is 0 Å². The van der Waals surface area contributed by atoms with Crippen LogP contribution in [0.1, 0.15) is 316 Å². The van der Waals surface area contributed by atoms with Gasteiger partial charge in [0.1, 0.15) is 13.2 Å². The Kier molecular flexibility index (Phi) is 63.3. The molecule has 0 aromatic carbocycles.